The molecule has 0 unspecified atom stereocenters. The van der Waals surface area contributed by atoms with Crippen LogP contribution in [-0.4, -0.2) is 36.2 Å². The summed E-state index contributed by atoms with van der Waals surface area (Å²) in [5.41, 5.74) is 0.411. The molecule has 0 aliphatic rings. The lowest BCUT2D eigenvalue weighted by Gasteiger charge is -2.11. The van der Waals surface area contributed by atoms with Crippen molar-refractivity contribution in [2.24, 2.45) is 0 Å². The summed E-state index contributed by atoms with van der Waals surface area (Å²) in [7, 11) is 0. The summed E-state index contributed by atoms with van der Waals surface area (Å²) in [5, 5.41) is 4.38. The van der Waals surface area contributed by atoms with Crippen LogP contribution in [0.4, 0.5) is 10.1 Å². The van der Waals surface area contributed by atoms with Crippen molar-refractivity contribution < 1.29 is 23.5 Å². The van der Waals surface area contributed by atoms with Gasteiger partial charge >= 0.3 is 5.97 Å². The third-order valence-corrected chi connectivity index (χ3v) is 4.40. The van der Waals surface area contributed by atoms with Crippen LogP contribution in [0.2, 0.25) is 0 Å². The minimum Gasteiger partial charge on any atom is -0.455 e. The Balaban J connectivity index is 1.66. The molecule has 6 nitrogen and oxygen atoms in total. The van der Waals surface area contributed by atoms with Crippen molar-refractivity contribution in [3.8, 4) is 0 Å². The van der Waals surface area contributed by atoms with Crippen LogP contribution in [-0.2, 0) is 19.1 Å². The lowest BCUT2D eigenvalue weighted by molar-refractivity contribution is -0.147. The van der Waals surface area contributed by atoms with Gasteiger partial charge in [0.25, 0.3) is 5.91 Å². The van der Waals surface area contributed by atoms with Gasteiger partial charge in [-0.25, -0.2) is 4.39 Å². The number of amides is 2. The minimum atomic E-state index is -0.588. The SMILES string of the molecule is C[C@H](Sc1ccccc1)C(=O)OCC(=O)NCC(=O)Nc1ccc(F)cc1. The first-order valence-electron chi connectivity index (χ1n) is 8.14. The van der Waals surface area contributed by atoms with Crippen molar-refractivity contribution in [3.63, 3.8) is 0 Å². The summed E-state index contributed by atoms with van der Waals surface area (Å²) in [5.74, 6) is -2.00. The Labute approximate surface area is 160 Å². The molecule has 1 atom stereocenters. The number of hydrogen-bond donors (Lipinski definition) is 2. The Bertz CT molecular complexity index is 784. The highest BCUT2D eigenvalue weighted by atomic mass is 32.2. The summed E-state index contributed by atoms with van der Waals surface area (Å²) in [6, 6.07) is 14.6. The van der Waals surface area contributed by atoms with E-state index in [1.165, 1.54) is 36.0 Å². The van der Waals surface area contributed by atoms with Crippen molar-refractivity contribution in [3.05, 3.63) is 60.4 Å². The number of esters is 1. The molecule has 2 aromatic rings. The molecule has 2 aromatic carbocycles. The van der Waals surface area contributed by atoms with Crippen molar-refractivity contribution in [1.82, 2.24) is 5.32 Å². The first kappa shape index (κ1) is 20.4. The van der Waals surface area contributed by atoms with Crippen molar-refractivity contribution in [1.29, 1.82) is 0 Å². The summed E-state index contributed by atoms with van der Waals surface area (Å²) in [4.78, 5) is 36.3. The highest BCUT2D eigenvalue weighted by molar-refractivity contribution is 8.00. The first-order chi connectivity index (χ1) is 12.9. The molecule has 0 radical (unpaired) electrons. The maximum Gasteiger partial charge on any atom is 0.319 e. The third-order valence-electron chi connectivity index (χ3n) is 3.31. The van der Waals surface area contributed by atoms with E-state index in [4.69, 9.17) is 4.74 Å². The van der Waals surface area contributed by atoms with Crippen molar-refractivity contribution >= 4 is 35.2 Å². The molecule has 2 rings (SSSR count). The number of benzene rings is 2. The van der Waals surface area contributed by atoms with Crippen molar-refractivity contribution in [2.45, 2.75) is 17.1 Å². The lowest BCUT2D eigenvalue weighted by Crippen LogP contribution is -2.36. The van der Waals surface area contributed by atoms with E-state index in [2.05, 4.69) is 10.6 Å². The van der Waals surface area contributed by atoms with E-state index in [1.807, 2.05) is 30.3 Å². The number of nitrogens with one attached hydrogen (secondary N) is 2. The fourth-order valence-corrected chi connectivity index (χ4v) is 2.86. The molecule has 0 aliphatic heterocycles. The molecular formula is C19H19FN2O4S. The van der Waals surface area contributed by atoms with Gasteiger partial charge in [-0.15, -0.1) is 11.8 Å². The zero-order valence-electron chi connectivity index (χ0n) is 14.6. The smallest absolute Gasteiger partial charge is 0.319 e. The fraction of sp³-hybridized carbons (Fsp3) is 0.211. The van der Waals surface area contributed by atoms with Crippen LogP contribution >= 0.6 is 11.8 Å². The molecule has 8 heteroatoms. The molecule has 0 saturated heterocycles. The van der Waals surface area contributed by atoms with Crippen LogP contribution in [0.25, 0.3) is 0 Å². The molecule has 0 aromatic heterocycles. The number of carbonyl (C=O) groups is 3. The molecule has 0 spiro atoms. The maximum absolute atomic E-state index is 12.8. The van der Waals surface area contributed by atoms with Gasteiger partial charge in [-0.05, 0) is 43.3 Å². The third kappa shape index (κ3) is 7.49. The average molecular weight is 390 g/mol. The number of thioether (sulfide) groups is 1. The second kappa shape index (κ2) is 10.3. The van der Waals surface area contributed by atoms with Gasteiger partial charge in [0.05, 0.1) is 6.54 Å². The van der Waals surface area contributed by atoms with Crippen LogP contribution in [0.15, 0.2) is 59.5 Å². The molecule has 0 bridgehead atoms. The Morgan fingerprint density at radius 2 is 1.70 bits per heavy atom. The van der Waals surface area contributed by atoms with E-state index in [-0.39, 0.29) is 6.54 Å². The molecule has 0 saturated carbocycles. The first-order valence-corrected chi connectivity index (χ1v) is 9.02. The van der Waals surface area contributed by atoms with E-state index < -0.39 is 35.5 Å². The van der Waals surface area contributed by atoms with Crippen molar-refractivity contribution in [2.75, 3.05) is 18.5 Å². The molecule has 0 fully saturated rings. The van der Waals surface area contributed by atoms with Gasteiger partial charge in [0, 0.05) is 10.6 Å². The number of rotatable bonds is 8. The molecule has 2 N–H and O–H groups in total. The predicted octanol–water partition coefficient (Wildman–Crippen LogP) is 2.60. The summed E-state index contributed by atoms with van der Waals surface area (Å²) in [6.07, 6.45) is 0. The maximum atomic E-state index is 12.8. The summed E-state index contributed by atoms with van der Waals surface area (Å²) in [6.45, 7) is 0.929. The monoisotopic (exact) mass is 390 g/mol. The van der Waals surface area contributed by atoms with Gasteiger partial charge < -0.3 is 15.4 Å². The Kier molecular flexibility index (Phi) is 7.81. The van der Waals surface area contributed by atoms with Gasteiger partial charge in [0.1, 0.15) is 11.1 Å². The molecule has 0 aliphatic carbocycles. The number of hydrogen-bond acceptors (Lipinski definition) is 5. The van der Waals surface area contributed by atoms with Gasteiger partial charge in [-0.3, -0.25) is 14.4 Å². The Morgan fingerprint density at radius 1 is 1.04 bits per heavy atom. The predicted molar refractivity (Wildman–Crippen MR) is 101 cm³/mol. The number of halogens is 1. The van der Waals surface area contributed by atoms with Gasteiger partial charge in [0.2, 0.25) is 5.91 Å². The molecule has 142 valence electrons. The second-order valence-electron chi connectivity index (χ2n) is 5.51. The minimum absolute atomic E-state index is 0.290. The quantitative estimate of drug-likeness (QED) is 0.535. The molecule has 0 heterocycles. The lowest BCUT2D eigenvalue weighted by atomic mass is 10.3. The topological polar surface area (TPSA) is 84.5 Å². The zero-order valence-corrected chi connectivity index (χ0v) is 15.4. The average Bonchev–Trinajstić information content (AvgIpc) is 2.67. The van der Waals surface area contributed by atoms with E-state index in [9.17, 15) is 18.8 Å². The van der Waals surface area contributed by atoms with E-state index >= 15 is 0 Å². The van der Waals surface area contributed by atoms with Crippen LogP contribution < -0.4 is 10.6 Å². The van der Waals surface area contributed by atoms with Crippen LogP contribution in [0.5, 0.6) is 0 Å². The normalized spacial score (nSPS) is 11.3. The van der Waals surface area contributed by atoms with E-state index in [0.29, 0.717) is 5.69 Å². The molecule has 27 heavy (non-hydrogen) atoms. The fourth-order valence-electron chi connectivity index (χ4n) is 1.97. The Morgan fingerprint density at radius 3 is 2.37 bits per heavy atom. The zero-order chi connectivity index (χ0) is 19.6. The van der Waals surface area contributed by atoms with E-state index in [0.717, 1.165) is 4.90 Å². The number of ether oxygens (including phenoxy) is 1. The van der Waals surface area contributed by atoms with Crippen LogP contribution in [0.1, 0.15) is 6.92 Å². The Hall–Kier alpha value is -2.87. The highest BCUT2D eigenvalue weighted by Gasteiger charge is 2.17. The second-order valence-corrected chi connectivity index (χ2v) is 6.93. The van der Waals surface area contributed by atoms with Gasteiger partial charge in [0.15, 0.2) is 6.61 Å². The standard InChI is InChI=1S/C19H19FN2O4S/c1-13(27-16-5-3-2-4-6-16)19(25)26-12-18(24)21-11-17(23)22-15-9-7-14(20)8-10-15/h2-10,13H,11-12H2,1H3,(H,21,24)(H,22,23)/t13-/m0/s1. The highest BCUT2D eigenvalue weighted by Crippen LogP contribution is 2.23. The van der Waals surface area contributed by atoms with E-state index in [1.54, 1.807) is 6.92 Å². The number of carbonyl (C=O) groups excluding carboxylic acids is 3. The number of anilines is 1. The summed E-state index contributed by atoms with van der Waals surface area (Å²) >= 11 is 1.33. The van der Waals surface area contributed by atoms with Crippen LogP contribution in [0.3, 0.4) is 0 Å². The van der Waals surface area contributed by atoms with Gasteiger partial charge in [-0.1, -0.05) is 18.2 Å². The van der Waals surface area contributed by atoms with Gasteiger partial charge in [-0.2, -0.15) is 0 Å². The molecule has 2 amide bonds. The molecular weight excluding hydrogens is 371 g/mol. The summed E-state index contributed by atoms with van der Waals surface area (Å²) < 4.78 is 17.8. The van der Waals surface area contributed by atoms with Crippen LogP contribution in [0, 0.1) is 5.82 Å². The largest absolute Gasteiger partial charge is 0.455 e.